The van der Waals surface area contributed by atoms with Crippen molar-refractivity contribution in [2.45, 2.75) is 13.5 Å². The van der Waals surface area contributed by atoms with Crippen LogP contribution in [0, 0.1) is 12.7 Å². The molecule has 0 aliphatic heterocycles. The Kier molecular flexibility index (Phi) is 4.10. The fraction of sp³-hybridized carbons (Fsp3) is 0.143. The van der Waals surface area contributed by atoms with Crippen LogP contribution in [0.1, 0.15) is 11.1 Å². The van der Waals surface area contributed by atoms with E-state index in [9.17, 15) is 4.39 Å². The summed E-state index contributed by atoms with van der Waals surface area (Å²) in [6.07, 6.45) is 0. The Morgan fingerprint density at radius 2 is 1.89 bits per heavy atom. The van der Waals surface area contributed by atoms with Crippen LogP contribution in [0.15, 0.2) is 36.4 Å². The van der Waals surface area contributed by atoms with Gasteiger partial charge in [-0.1, -0.05) is 35.3 Å². The van der Waals surface area contributed by atoms with Gasteiger partial charge in [-0.25, -0.2) is 4.39 Å². The molecule has 4 heteroatoms. The van der Waals surface area contributed by atoms with Gasteiger partial charge in [-0.15, -0.1) is 0 Å². The van der Waals surface area contributed by atoms with E-state index in [2.05, 4.69) is 5.32 Å². The molecule has 0 saturated carbocycles. The van der Waals surface area contributed by atoms with Crippen molar-refractivity contribution in [3.8, 4) is 0 Å². The second-order valence-electron chi connectivity index (χ2n) is 4.06. The molecule has 0 aliphatic rings. The molecule has 94 valence electrons. The Morgan fingerprint density at radius 1 is 1.11 bits per heavy atom. The molecule has 0 fully saturated rings. The number of halogens is 3. The van der Waals surface area contributed by atoms with Gasteiger partial charge < -0.3 is 5.32 Å². The smallest absolute Gasteiger partial charge is 0.142 e. The summed E-state index contributed by atoms with van der Waals surface area (Å²) in [6, 6.07) is 10.4. The van der Waals surface area contributed by atoms with Crippen molar-refractivity contribution in [2.24, 2.45) is 0 Å². The zero-order chi connectivity index (χ0) is 13.1. The minimum atomic E-state index is -0.404. The predicted molar refractivity (Wildman–Crippen MR) is 74.9 cm³/mol. The maximum absolute atomic E-state index is 13.3. The molecule has 1 nitrogen and oxygen atoms in total. The van der Waals surface area contributed by atoms with Gasteiger partial charge in [0.1, 0.15) is 5.82 Å². The first kappa shape index (κ1) is 13.2. The molecule has 2 rings (SSSR count). The van der Waals surface area contributed by atoms with Crippen molar-refractivity contribution in [3.05, 3.63) is 63.4 Å². The first-order chi connectivity index (χ1) is 8.56. The van der Waals surface area contributed by atoms with Crippen molar-refractivity contribution >= 4 is 28.9 Å². The number of hydrogen-bond donors (Lipinski definition) is 1. The van der Waals surface area contributed by atoms with Crippen LogP contribution in [0.3, 0.4) is 0 Å². The van der Waals surface area contributed by atoms with Gasteiger partial charge in [0, 0.05) is 17.3 Å². The normalized spacial score (nSPS) is 10.4. The summed E-state index contributed by atoms with van der Waals surface area (Å²) in [5.74, 6) is -0.404. The van der Waals surface area contributed by atoms with E-state index in [1.54, 1.807) is 12.1 Å². The summed E-state index contributed by atoms with van der Waals surface area (Å²) >= 11 is 11.6. The maximum atomic E-state index is 13.3. The summed E-state index contributed by atoms with van der Waals surface area (Å²) in [4.78, 5) is 0. The third-order valence-corrected chi connectivity index (χ3v) is 3.21. The third-order valence-electron chi connectivity index (χ3n) is 2.67. The van der Waals surface area contributed by atoms with Crippen LogP contribution in [-0.2, 0) is 6.54 Å². The zero-order valence-corrected chi connectivity index (χ0v) is 11.3. The van der Waals surface area contributed by atoms with E-state index in [-0.39, 0.29) is 5.02 Å². The maximum Gasteiger partial charge on any atom is 0.142 e. The molecule has 0 radical (unpaired) electrons. The second-order valence-corrected chi connectivity index (χ2v) is 4.90. The van der Waals surface area contributed by atoms with E-state index >= 15 is 0 Å². The van der Waals surface area contributed by atoms with Crippen LogP contribution in [0.4, 0.5) is 10.1 Å². The summed E-state index contributed by atoms with van der Waals surface area (Å²) in [7, 11) is 0. The molecule has 0 bridgehead atoms. The molecule has 0 aromatic heterocycles. The summed E-state index contributed by atoms with van der Waals surface area (Å²) in [5, 5.41) is 4.03. The molecular formula is C14H12Cl2FN. The summed E-state index contributed by atoms with van der Waals surface area (Å²) in [6.45, 7) is 2.51. The topological polar surface area (TPSA) is 12.0 Å². The quantitative estimate of drug-likeness (QED) is 0.831. The molecule has 1 N–H and O–H groups in total. The van der Waals surface area contributed by atoms with Gasteiger partial charge in [0.2, 0.25) is 0 Å². The van der Waals surface area contributed by atoms with E-state index in [1.807, 2.05) is 25.1 Å². The van der Waals surface area contributed by atoms with E-state index in [1.165, 1.54) is 6.07 Å². The van der Waals surface area contributed by atoms with Crippen molar-refractivity contribution in [2.75, 3.05) is 5.32 Å². The van der Waals surface area contributed by atoms with E-state index in [0.29, 0.717) is 11.6 Å². The average molecular weight is 284 g/mol. The minimum absolute atomic E-state index is 0.137. The molecule has 2 aromatic rings. The summed E-state index contributed by atoms with van der Waals surface area (Å²) < 4.78 is 13.3. The molecule has 0 heterocycles. The molecule has 0 amide bonds. The monoisotopic (exact) mass is 283 g/mol. The average Bonchev–Trinajstić information content (AvgIpc) is 2.34. The Balaban J connectivity index is 2.11. The highest BCUT2D eigenvalue weighted by atomic mass is 35.5. The molecule has 0 saturated heterocycles. The Morgan fingerprint density at radius 3 is 2.61 bits per heavy atom. The fourth-order valence-corrected chi connectivity index (χ4v) is 1.92. The number of hydrogen-bond acceptors (Lipinski definition) is 1. The lowest BCUT2D eigenvalue weighted by Gasteiger charge is -2.10. The number of nitrogens with one attached hydrogen (secondary N) is 1. The standard InChI is InChI=1S/C14H12Cl2FN/c1-9-2-4-11(15)7-14(9)18-8-10-3-5-12(16)13(17)6-10/h2-7,18H,8H2,1H3. The highest BCUT2D eigenvalue weighted by molar-refractivity contribution is 6.31. The molecule has 0 aliphatic carbocycles. The highest BCUT2D eigenvalue weighted by Crippen LogP contribution is 2.21. The number of anilines is 1. The van der Waals surface area contributed by atoms with Crippen molar-refractivity contribution < 1.29 is 4.39 Å². The first-order valence-corrected chi connectivity index (χ1v) is 6.26. The van der Waals surface area contributed by atoms with Gasteiger partial charge in [-0.05, 0) is 42.3 Å². The zero-order valence-electron chi connectivity index (χ0n) is 9.81. The van der Waals surface area contributed by atoms with Crippen molar-refractivity contribution in [3.63, 3.8) is 0 Å². The number of rotatable bonds is 3. The lowest BCUT2D eigenvalue weighted by Crippen LogP contribution is -2.01. The van der Waals surface area contributed by atoms with Gasteiger partial charge >= 0.3 is 0 Å². The molecular weight excluding hydrogens is 272 g/mol. The van der Waals surface area contributed by atoms with Gasteiger partial charge in [-0.2, -0.15) is 0 Å². The van der Waals surface area contributed by atoms with Crippen LogP contribution in [0.2, 0.25) is 10.0 Å². The van der Waals surface area contributed by atoms with E-state index < -0.39 is 5.82 Å². The van der Waals surface area contributed by atoms with Gasteiger partial charge in [0.15, 0.2) is 0 Å². The van der Waals surface area contributed by atoms with Gasteiger partial charge in [0.05, 0.1) is 5.02 Å². The van der Waals surface area contributed by atoms with Crippen molar-refractivity contribution in [1.82, 2.24) is 0 Å². The van der Waals surface area contributed by atoms with E-state index in [0.717, 1.165) is 16.8 Å². The van der Waals surface area contributed by atoms with Gasteiger partial charge in [0.25, 0.3) is 0 Å². The Bertz CT molecular complexity index is 570. The Labute approximate surface area is 116 Å². The third kappa shape index (κ3) is 3.15. The first-order valence-electron chi connectivity index (χ1n) is 5.50. The predicted octanol–water partition coefficient (Wildman–Crippen LogP) is 5.05. The Hall–Kier alpha value is -1.25. The van der Waals surface area contributed by atoms with Crippen LogP contribution in [0.5, 0.6) is 0 Å². The molecule has 0 atom stereocenters. The number of aryl methyl sites for hydroxylation is 1. The fourth-order valence-electron chi connectivity index (χ4n) is 1.63. The highest BCUT2D eigenvalue weighted by Gasteiger charge is 2.02. The molecule has 2 aromatic carbocycles. The second kappa shape index (κ2) is 5.59. The molecule has 0 unspecified atom stereocenters. The summed E-state index contributed by atoms with van der Waals surface area (Å²) in [5.41, 5.74) is 2.86. The molecule has 18 heavy (non-hydrogen) atoms. The van der Waals surface area contributed by atoms with Crippen molar-refractivity contribution in [1.29, 1.82) is 0 Å². The molecule has 0 spiro atoms. The SMILES string of the molecule is Cc1ccc(Cl)cc1NCc1ccc(Cl)c(F)c1. The minimum Gasteiger partial charge on any atom is -0.381 e. The lowest BCUT2D eigenvalue weighted by molar-refractivity contribution is 0.626. The number of benzene rings is 2. The lowest BCUT2D eigenvalue weighted by atomic mass is 10.1. The van der Waals surface area contributed by atoms with Gasteiger partial charge in [-0.3, -0.25) is 0 Å². The largest absolute Gasteiger partial charge is 0.381 e. The van der Waals surface area contributed by atoms with Crippen LogP contribution in [0.25, 0.3) is 0 Å². The van der Waals surface area contributed by atoms with E-state index in [4.69, 9.17) is 23.2 Å². The van der Waals surface area contributed by atoms with Crippen LogP contribution < -0.4 is 5.32 Å². The van der Waals surface area contributed by atoms with Crippen LogP contribution >= 0.6 is 23.2 Å². The van der Waals surface area contributed by atoms with Crippen LogP contribution in [-0.4, -0.2) is 0 Å².